The van der Waals surface area contributed by atoms with Gasteiger partial charge in [0, 0.05) is 18.7 Å². The summed E-state index contributed by atoms with van der Waals surface area (Å²) in [5.74, 6) is 0.969. The zero-order chi connectivity index (χ0) is 16.2. The highest BCUT2D eigenvalue weighted by atomic mass is 16.5. The van der Waals surface area contributed by atoms with Crippen molar-refractivity contribution in [1.82, 2.24) is 4.90 Å². The standard InChI is InChI=1S/C20H23NO2/c1-21(18-5-3-4-6-18)20(22)17-9-7-15(8-10-17)16-11-13-19(23-2)14-12-16/h7-14,18H,3-6H2,1-2H3. The third kappa shape index (κ3) is 3.39. The number of benzene rings is 2. The number of hydrogen-bond donors (Lipinski definition) is 0. The summed E-state index contributed by atoms with van der Waals surface area (Å²) in [5.41, 5.74) is 2.98. The second-order valence-electron chi connectivity index (χ2n) is 6.16. The lowest BCUT2D eigenvalue weighted by Gasteiger charge is -2.24. The Morgan fingerprint density at radius 1 is 0.957 bits per heavy atom. The molecule has 1 aliphatic rings. The van der Waals surface area contributed by atoms with Gasteiger partial charge in [-0.05, 0) is 48.2 Å². The van der Waals surface area contributed by atoms with E-state index in [9.17, 15) is 4.79 Å². The van der Waals surface area contributed by atoms with Gasteiger partial charge in [-0.15, -0.1) is 0 Å². The molecule has 1 aliphatic carbocycles. The molecule has 1 saturated carbocycles. The van der Waals surface area contributed by atoms with E-state index in [-0.39, 0.29) is 5.91 Å². The molecule has 0 spiro atoms. The van der Waals surface area contributed by atoms with E-state index >= 15 is 0 Å². The van der Waals surface area contributed by atoms with E-state index in [1.54, 1.807) is 7.11 Å². The van der Waals surface area contributed by atoms with Gasteiger partial charge in [0.05, 0.1) is 7.11 Å². The van der Waals surface area contributed by atoms with Gasteiger partial charge >= 0.3 is 0 Å². The van der Waals surface area contributed by atoms with Crippen LogP contribution >= 0.6 is 0 Å². The lowest BCUT2D eigenvalue weighted by Crippen LogP contribution is -2.35. The summed E-state index contributed by atoms with van der Waals surface area (Å²) in [6.45, 7) is 0. The number of methoxy groups -OCH3 is 1. The maximum absolute atomic E-state index is 12.6. The first-order valence-corrected chi connectivity index (χ1v) is 8.20. The molecular formula is C20H23NO2. The largest absolute Gasteiger partial charge is 0.497 e. The minimum absolute atomic E-state index is 0.123. The molecule has 0 saturated heterocycles. The van der Waals surface area contributed by atoms with Gasteiger partial charge < -0.3 is 9.64 Å². The Hall–Kier alpha value is -2.29. The fourth-order valence-corrected chi connectivity index (χ4v) is 3.25. The van der Waals surface area contributed by atoms with E-state index in [2.05, 4.69) is 0 Å². The average molecular weight is 309 g/mol. The molecule has 0 atom stereocenters. The summed E-state index contributed by atoms with van der Waals surface area (Å²) in [5, 5.41) is 0. The van der Waals surface area contributed by atoms with Gasteiger partial charge in [-0.2, -0.15) is 0 Å². The third-order valence-electron chi connectivity index (χ3n) is 4.75. The summed E-state index contributed by atoms with van der Waals surface area (Å²) in [6, 6.07) is 16.2. The highest BCUT2D eigenvalue weighted by Crippen LogP contribution is 2.25. The molecule has 3 heteroatoms. The van der Waals surface area contributed by atoms with E-state index in [0.29, 0.717) is 6.04 Å². The highest BCUT2D eigenvalue weighted by Gasteiger charge is 2.24. The molecule has 0 aromatic heterocycles. The average Bonchev–Trinajstić information content (AvgIpc) is 3.15. The molecule has 0 radical (unpaired) electrons. The normalized spacial score (nSPS) is 14.7. The van der Waals surface area contributed by atoms with Gasteiger partial charge in [0.1, 0.15) is 5.75 Å². The van der Waals surface area contributed by atoms with Crippen LogP contribution in [0.3, 0.4) is 0 Å². The molecule has 0 bridgehead atoms. The number of amides is 1. The SMILES string of the molecule is COc1ccc(-c2ccc(C(=O)N(C)C3CCCC3)cc2)cc1. The van der Waals surface area contributed by atoms with E-state index in [1.165, 1.54) is 12.8 Å². The van der Waals surface area contributed by atoms with Gasteiger partial charge in [-0.25, -0.2) is 0 Å². The van der Waals surface area contributed by atoms with Crippen LogP contribution in [0.15, 0.2) is 48.5 Å². The fourth-order valence-electron chi connectivity index (χ4n) is 3.25. The molecule has 3 rings (SSSR count). The maximum atomic E-state index is 12.6. The molecule has 3 nitrogen and oxygen atoms in total. The smallest absolute Gasteiger partial charge is 0.253 e. The van der Waals surface area contributed by atoms with Crippen LogP contribution < -0.4 is 4.74 Å². The van der Waals surface area contributed by atoms with Crippen molar-refractivity contribution in [2.24, 2.45) is 0 Å². The molecule has 23 heavy (non-hydrogen) atoms. The predicted molar refractivity (Wildman–Crippen MR) is 92.8 cm³/mol. The third-order valence-corrected chi connectivity index (χ3v) is 4.75. The maximum Gasteiger partial charge on any atom is 0.253 e. The van der Waals surface area contributed by atoms with Crippen molar-refractivity contribution in [3.63, 3.8) is 0 Å². The van der Waals surface area contributed by atoms with Gasteiger partial charge in [0.2, 0.25) is 0 Å². The fraction of sp³-hybridized carbons (Fsp3) is 0.350. The van der Waals surface area contributed by atoms with Crippen molar-refractivity contribution in [1.29, 1.82) is 0 Å². The van der Waals surface area contributed by atoms with Crippen molar-refractivity contribution >= 4 is 5.91 Å². The zero-order valence-corrected chi connectivity index (χ0v) is 13.8. The lowest BCUT2D eigenvalue weighted by atomic mass is 10.0. The summed E-state index contributed by atoms with van der Waals surface area (Å²) in [6.07, 6.45) is 4.73. The summed E-state index contributed by atoms with van der Waals surface area (Å²) in [4.78, 5) is 14.5. The van der Waals surface area contributed by atoms with Crippen LogP contribution in [0.2, 0.25) is 0 Å². The molecule has 0 N–H and O–H groups in total. The quantitative estimate of drug-likeness (QED) is 0.839. The molecule has 120 valence electrons. The number of ether oxygens (including phenoxy) is 1. The monoisotopic (exact) mass is 309 g/mol. The summed E-state index contributed by atoms with van der Waals surface area (Å²) < 4.78 is 5.18. The van der Waals surface area contributed by atoms with Gasteiger partial charge in [0.15, 0.2) is 0 Å². The van der Waals surface area contributed by atoms with Gasteiger partial charge in [-0.3, -0.25) is 4.79 Å². The van der Waals surface area contributed by atoms with Crippen molar-refractivity contribution in [2.75, 3.05) is 14.2 Å². The van der Waals surface area contributed by atoms with Crippen molar-refractivity contribution in [3.05, 3.63) is 54.1 Å². The van der Waals surface area contributed by atoms with Crippen molar-refractivity contribution < 1.29 is 9.53 Å². The van der Waals surface area contributed by atoms with E-state index in [4.69, 9.17) is 4.74 Å². The molecule has 0 aliphatic heterocycles. The molecule has 1 fully saturated rings. The van der Waals surface area contributed by atoms with Crippen molar-refractivity contribution in [3.8, 4) is 16.9 Å². The van der Waals surface area contributed by atoms with Crippen LogP contribution in [0.5, 0.6) is 5.75 Å². The number of carbonyl (C=O) groups is 1. The minimum Gasteiger partial charge on any atom is -0.497 e. The van der Waals surface area contributed by atoms with Crippen LogP contribution in [0, 0.1) is 0 Å². The summed E-state index contributed by atoms with van der Waals surface area (Å²) in [7, 11) is 3.59. The first-order chi connectivity index (χ1) is 11.2. The highest BCUT2D eigenvalue weighted by molar-refractivity contribution is 5.94. The molecule has 1 amide bonds. The van der Waals surface area contributed by atoms with Crippen LogP contribution in [0.4, 0.5) is 0 Å². The predicted octanol–water partition coefficient (Wildman–Crippen LogP) is 4.38. The number of nitrogens with zero attached hydrogens (tertiary/aromatic N) is 1. The molecule has 2 aromatic rings. The number of carbonyl (C=O) groups excluding carboxylic acids is 1. The lowest BCUT2D eigenvalue weighted by molar-refractivity contribution is 0.0735. The van der Waals surface area contributed by atoms with Crippen LogP contribution in [-0.2, 0) is 0 Å². The van der Waals surface area contributed by atoms with E-state index in [0.717, 1.165) is 35.3 Å². The second kappa shape index (κ2) is 6.86. The molecule has 0 unspecified atom stereocenters. The first-order valence-electron chi connectivity index (χ1n) is 8.20. The van der Waals surface area contributed by atoms with Gasteiger partial charge in [0.25, 0.3) is 5.91 Å². The Morgan fingerprint density at radius 3 is 2.00 bits per heavy atom. The minimum atomic E-state index is 0.123. The number of rotatable bonds is 4. The Morgan fingerprint density at radius 2 is 1.48 bits per heavy atom. The zero-order valence-electron chi connectivity index (χ0n) is 13.8. The molecule has 2 aromatic carbocycles. The molecule has 0 heterocycles. The van der Waals surface area contributed by atoms with E-state index in [1.807, 2.05) is 60.5 Å². The van der Waals surface area contributed by atoms with Gasteiger partial charge in [-0.1, -0.05) is 37.1 Å². The summed E-state index contributed by atoms with van der Waals surface area (Å²) >= 11 is 0. The Bertz CT molecular complexity index is 655. The molecular weight excluding hydrogens is 286 g/mol. The van der Waals surface area contributed by atoms with Crippen LogP contribution in [0.25, 0.3) is 11.1 Å². The Balaban J connectivity index is 1.74. The topological polar surface area (TPSA) is 29.5 Å². The first kappa shape index (κ1) is 15.6. The van der Waals surface area contributed by atoms with Crippen molar-refractivity contribution in [2.45, 2.75) is 31.7 Å². The van der Waals surface area contributed by atoms with Crippen LogP contribution in [0.1, 0.15) is 36.0 Å². The second-order valence-corrected chi connectivity index (χ2v) is 6.16. The van der Waals surface area contributed by atoms with Crippen LogP contribution in [-0.4, -0.2) is 31.0 Å². The Kier molecular flexibility index (Phi) is 4.65. The Labute approximate surface area is 137 Å². The van der Waals surface area contributed by atoms with E-state index < -0.39 is 0 Å². The number of hydrogen-bond acceptors (Lipinski definition) is 2.